The molecule has 6 nitrogen and oxygen atoms in total. The van der Waals surface area contributed by atoms with Crippen molar-refractivity contribution in [1.29, 1.82) is 0 Å². The number of carbonyl (C=O) groups is 3. The summed E-state index contributed by atoms with van der Waals surface area (Å²) in [5.74, 6) is -1.70. The number of benzene rings is 2. The number of carbonyl (C=O) groups excluding carboxylic acids is 2. The molecule has 0 aliphatic carbocycles. The van der Waals surface area contributed by atoms with Crippen LogP contribution in [0.3, 0.4) is 0 Å². The van der Waals surface area contributed by atoms with Crippen molar-refractivity contribution in [2.45, 2.75) is 19.9 Å². The van der Waals surface area contributed by atoms with Crippen molar-refractivity contribution < 1.29 is 19.5 Å². The largest absolute Gasteiger partial charge is 0.479 e. The molecule has 0 saturated carbocycles. The molecule has 0 heterocycles. The van der Waals surface area contributed by atoms with Crippen LogP contribution >= 0.6 is 0 Å². The molecule has 0 radical (unpaired) electrons. The van der Waals surface area contributed by atoms with Gasteiger partial charge < -0.3 is 10.4 Å². The summed E-state index contributed by atoms with van der Waals surface area (Å²) >= 11 is 0. The molecule has 6 heteroatoms. The van der Waals surface area contributed by atoms with Crippen LogP contribution < -0.4 is 5.32 Å². The maximum absolute atomic E-state index is 12.5. The average molecular weight is 340 g/mol. The van der Waals surface area contributed by atoms with E-state index in [-0.39, 0.29) is 0 Å². The van der Waals surface area contributed by atoms with Crippen LogP contribution in [0.5, 0.6) is 0 Å². The molecule has 0 spiro atoms. The molecule has 0 bridgehead atoms. The van der Waals surface area contributed by atoms with Gasteiger partial charge in [-0.25, -0.2) is 9.59 Å². The fraction of sp³-hybridized carbons (Fsp3) is 0.211. The average Bonchev–Trinajstić information content (AvgIpc) is 2.57. The summed E-state index contributed by atoms with van der Waals surface area (Å²) in [4.78, 5) is 37.2. The van der Waals surface area contributed by atoms with Crippen LogP contribution in [0.4, 0.5) is 4.79 Å². The Morgan fingerprint density at radius 3 is 2.08 bits per heavy atom. The summed E-state index contributed by atoms with van der Waals surface area (Å²) in [7, 11) is 1.32. The van der Waals surface area contributed by atoms with Gasteiger partial charge in [0.25, 0.3) is 5.91 Å². The Bertz CT molecular complexity index is 782. The van der Waals surface area contributed by atoms with E-state index in [1.807, 2.05) is 19.9 Å². The molecule has 3 amide bonds. The molecule has 1 atom stereocenters. The molecule has 0 aliphatic rings. The third-order valence-corrected chi connectivity index (χ3v) is 3.73. The lowest BCUT2D eigenvalue weighted by Gasteiger charge is -2.20. The van der Waals surface area contributed by atoms with Crippen LogP contribution in [0.2, 0.25) is 0 Å². The van der Waals surface area contributed by atoms with E-state index < -0.39 is 23.9 Å². The molecule has 2 rings (SSSR count). The van der Waals surface area contributed by atoms with Gasteiger partial charge in [-0.05, 0) is 31.5 Å². The molecule has 0 aromatic heterocycles. The molecule has 0 fully saturated rings. The molecule has 2 aromatic rings. The molecule has 0 saturated heterocycles. The quantitative estimate of drug-likeness (QED) is 0.896. The smallest absolute Gasteiger partial charge is 0.330 e. The van der Waals surface area contributed by atoms with E-state index in [4.69, 9.17) is 0 Å². The Labute approximate surface area is 146 Å². The van der Waals surface area contributed by atoms with Gasteiger partial charge in [0.05, 0.1) is 0 Å². The number of rotatable bonds is 4. The Morgan fingerprint density at radius 2 is 1.56 bits per heavy atom. The lowest BCUT2D eigenvalue weighted by atomic mass is 10.1. The minimum absolute atomic E-state index is 0.377. The second kappa shape index (κ2) is 7.61. The number of aryl methyl sites for hydroxylation is 2. The number of amides is 3. The topological polar surface area (TPSA) is 86.7 Å². The molecule has 130 valence electrons. The SMILES string of the molecule is Cc1cc(C)cc(C(=O)N(C)C(=O)NC(C(=O)O)c2ccccc2)c1. The van der Waals surface area contributed by atoms with Crippen LogP contribution in [0.15, 0.2) is 48.5 Å². The molecule has 25 heavy (non-hydrogen) atoms. The first-order chi connectivity index (χ1) is 11.8. The number of nitrogens with zero attached hydrogens (tertiary/aromatic N) is 1. The lowest BCUT2D eigenvalue weighted by Crippen LogP contribution is -2.44. The highest BCUT2D eigenvalue weighted by atomic mass is 16.4. The summed E-state index contributed by atoms with van der Waals surface area (Å²) in [5, 5.41) is 11.7. The van der Waals surface area contributed by atoms with Gasteiger partial charge >= 0.3 is 12.0 Å². The maximum Gasteiger partial charge on any atom is 0.330 e. The maximum atomic E-state index is 12.5. The highest BCUT2D eigenvalue weighted by Crippen LogP contribution is 2.15. The third-order valence-electron chi connectivity index (χ3n) is 3.73. The van der Waals surface area contributed by atoms with Crippen molar-refractivity contribution in [3.8, 4) is 0 Å². The van der Waals surface area contributed by atoms with Gasteiger partial charge in [0.2, 0.25) is 0 Å². The van der Waals surface area contributed by atoms with E-state index in [1.165, 1.54) is 7.05 Å². The second-order valence-corrected chi connectivity index (χ2v) is 5.87. The van der Waals surface area contributed by atoms with E-state index >= 15 is 0 Å². The Hall–Kier alpha value is -3.15. The normalized spacial score (nSPS) is 11.5. The Kier molecular flexibility index (Phi) is 5.54. The number of urea groups is 1. The van der Waals surface area contributed by atoms with Crippen LogP contribution in [0.25, 0.3) is 0 Å². The third kappa shape index (κ3) is 4.44. The number of hydrogen-bond donors (Lipinski definition) is 2. The van der Waals surface area contributed by atoms with Gasteiger partial charge in [-0.15, -0.1) is 0 Å². The fourth-order valence-electron chi connectivity index (χ4n) is 2.54. The van der Waals surface area contributed by atoms with Crippen molar-refractivity contribution in [2.75, 3.05) is 7.05 Å². The van der Waals surface area contributed by atoms with Gasteiger partial charge in [0.1, 0.15) is 0 Å². The summed E-state index contributed by atoms with van der Waals surface area (Å²) in [6.45, 7) is 3.72. The summed E-state index contributed by atoms with van der Waals surface area (Å²) in [6.07, 6.45) is 0. The van der Waals surface area contributed by atoms with Crippen LogP contribution in [-0.4, -0.2) is 35.0 Å². The molecule has 2 N–H and O–H groups in total. The van der Waals surface area contributed by atoms with Gasteiger partial charge in [-0.3, -0.25) is 9.69 Å². The van der Waals surface area contributed by atoms with E-state index in [2.05, 4.69) is 5.32 Å². The fourth-order valence-corrected chi connectivity index (χ4v) is 2.54. The highest BCUT2D eigenvalue weighted by molar-refractivity contribution is 6.04. The standard InChI is InChI=1S/C19H20N2O4/c1-12-9-13(2)11-15(10-12)17(22)21(3)19(25)20-16(18(23)24)14-7-5-4-6-8-14/h4-11,16H,1-3H3,(H,20,25)(H,23,24). The van der Waals surface area contributed by atoms with Gasteiger partial charge in [-0.2, -0.15) is 0 Å². The predicted molar refractivity (Wildman–Crippen MR) is 93.4 cm³/mol. The zero-order valence-corrected chi connectivity index (χ0v) is 14.3. The monoisotopic (exact) mass is 340 g/mol. The molecular formula is C19H20N2O4. The summed E-state index contributed by atoms with van der Waals surface area (Å²) < 4.78 is 0. The summed E-state index contributed by atoms with van der Waals surface area (Å²) in [5.41, 5.74) is 2.62. The van der Waals surface area contributed by atoms with Crippen molar-refractivity contribution in [2.24, 2.45) is 0 Å². The number of carboxylic acid groups (broad SMARTS) is 1. The molecule has 2 aromatic carbocycles. The van der Waals surface area contributed by atoms with Crippen LogP contribution in [0.1, 0.15) is 33.1 Å². The number of aliphatic carboxylic acids is 1. The minimum atomic E-state index is -1.23. The zero-order valence-electron chi connectivity index (χ0n) is 14.3. The van der Waals surface area contributed by atoms with Gasteiger partial charge in [0, 0.05) is 12.6 Å². The first-order valence-electron chi connectivity index (χ1n) is 7.74. The first kappa shape index (κ1) is 18.2. The number of imide groups is 1. The van der Waals surface area contributed by atoms with E-state index in [0.29, 0.717) is 11.1 Å². The molecule has 0 aliphatic heterocycles. The minimum Gasteiger partial charge on any atom is -0.479 e. The van der Waals surface area contributed by atoms with Gasteiger partial charge in [0.15, 0.2) is 6.04 Å². The zero-order chi connectivity index (χ0) is 18.6. The molecular weight excluding hydrogens is 320 g/mol. The van der Waals surface area contributed by atoms with Crippen molar-refractivity contribution >= 4 is 17.9 Å². The van der Waals surface area contributed by atoms with E-state index in [0.717, 1.165) is 16.0 Å². The Balaban J connectivity index is 2.18. The van der Waals surface area contributed by atoms with Crippen molar-refractivity contribution in [1.82, 2.24) is 10.2 Å². The van der Waals surface area contributed by atoms with Crippen LogP contribution in [-0.2, 0) is 4.79 Å². The molecule has 1 unspecified atom stereocenters. The number of nitrogens with one attached hydrogen (secondary N) is 1. The van der Waals surface area contributed by atoms with Crippen molar-refractivity contribution in [3.63, 3.8) is 0 Å². The second-order valence-electron chi connectivity index (χ2n) is 5.87. The lowest BCUT2D eigenvalue weighted by molar-refractivity contribution is -0.139. The Morgan fingerprint density at radius 1 is 1.00 bits per heavy atom. The highest BCUT2D eigenvalue weighted by Gasteiger charge is 2.26. The van der Waals surface area contributed by atoms with Crippen LogP contribution in [0, 0.1) is 13.8 Å². The number of hydrogen-bond acceptors (Lipinski definition) is 3. The predicted octanol–water partition coefficient (Wildman–Crippen LogP) is 2.91. The first-order valence-corrected chi connectivity index (χ1v) is 7.74. The van der Waals surface area contributed by atoms with Gasteiger partial charge in [-0.1, -0.05) is 47.5 Å². The van der Waals surface area contributed by atoms with E-state index in [1.54, 1.807) is 42.5 Å². The van der Waals surface area contributed by atoms with E-state index in [9.17, 15) is 19.5 Å². The number of carboxylic acids is 1. The summed E-state index contributed by atoms with van der Waals surface area (Å²) in [6, 6.07) is 11.6. The van der Waals surface area contributed by atoms with Crippen molar-refractivity contribution in [3.05, 3.63) is 70.8 Å².